The average Bonchev–Trinajstić information content (AvgIpc) is 3.65. The summed E-state index contributed by atoms with van der Waals surface area (Å²) in [6.45, 7) is 0.904. The summed E-state index contributed by atoms with van der Waals surface area (Å²) >= 11 is 5.79. The zero-order valence-electron chi connectivity index (χ0n) is 20.2. The molecule has 1 fully saturated rings. The van der Waals surface area contributed by atoms with Crippen molar-refractivity contribution in [2.75, 3.05) is 19.0 Å². The third kappa shape index (κ3) is 6.05. The minimum Gasteiger partial charge on any atom is -0.453 e. The van der Waals surface area contributed by atoms with E-state index in [-0.39, 0.29) is 53.6 Å². The van der Waals surface area contributed by atoms with Crippen LogP contribution in [0, 0.1) is 5.82 Å². The van der Waals surface area contributed by atoms with Crippen molar-refractivity contribution in [3.05, 3.63) is 58.5 Å². The number of benzene rings is 2. The van der Waals surface area contributed by atoms with Crippen LogP contribution in [0.2, 0.25) is 5.02 Å². The number of fused-ring (bicyclic) bond motifs is 1. The van der Waals surface area contributed by atoms with E-state index in [2.05, 4.69) is 20.5 Å². The van der Waals surface area contributed by atoms with Gasteiger partial charge in [0.15, 0.2) is 5.78 Å². The number of nitrogens with one attached hydrogen (secondary N) is 2. The van der Waals surface area contributed by atoms with E-state index in [1.807, 2.05) is 0 Å². The van der Waals surface area contributed by atoms with E-state index in [0.29, 0.717) is 16.6 Å². The highest BCUT2D eigenvalue weighted by Gasteiger charge is 2.34. The normalized spacial score (nSPS) is 12.8. The Bertz CT molecular complexity index is 1390. The van der Waals surface area contributed by atoms with Gasteiger partial charge in [-0.05, 0) is 37.1 Å². The van der Waals surface area contributed by atoms with Gasteiger partial charge in [-0.2, -0.15) is 5.10 Å². The van der Waals surface area contributed by atoms with Crippen molar-refractivity contribution in [3.63, 3.8) is 0 Å². The molecule has 194 valence electrons. The van der Waals surface area contributed by atoms with Crippen LogP contribution in [0.1, 0.15) is 35.8 Å². The predicted molar refractivity (Wildman–Crippen MR) is 134 cm³/mol. The molecule has 1 aromatic heterocycles. The number of halogens is 2. The molecule has 0 saturated heterocycles. The number of nitrogens with zero attached hydrogens (tertiary/aromatic N) is 3. The monoisotopic (exact) mass is 529 g/mol. The van der Waals surface area contributed by atoms with Gasteiger partial charge in [0.2, 0.25) is 11.8 Å². The second kappa shape index (κ2) is 11.0. The van der Waals surface area contributed by atoms with Gasteiger partial charge >= 0.3 is 6.09 Å². The van der Waals surface area contributed by atoms with Gasteiger partial charge in [-0.1, -0.05) is 23.7 Å². The summed E-state index contributed by atoms with van der Waals surface area (Å²) < 4.78 is 20.1. The molecular weight excluding hydrogens is 505 g/mol. The number of anilines is 1. The number of rotatable bonds is 9. The Labute approximate surface area is 216 Å². The average molecular weight is 530 g/mol. The molecule has 4 rings (SSSR count). The van der Waals surface area contributed by atoms with Crippen LogP contribution in [0.5, 0.6) is 0 Å². The first-order valence-electron chi connectivity index (χ1n) is 11.5. The van der Waals surface area contributed by atoms with Crippen LogP contribution in [0.25, 0.3) is 10.9 Å². The molecule has 37 heavy (non-hydrogen) atoms. The topological polar surface area (TPSA) is 123 Å². The van der Waals surface area contributed by atoms with Crippen molar-refractivity contribution in [3.8, 4) is 0 Å². The molecule has 0 atom stereocenters. The van der Waals surface area contributed by atoms with Crippen molar-refractivity contribution in [1.29, 1.82) is 0 Å². The molecule has 1 aliphatic rings. The van der Waals surface area contributed by atoms with Gasteiger partial charge in [0, 0.05) is 36.1 Å². The van der Waals surface area contributed by atoms with Gasteiger partial charge in [0.25, 0.3) is 0 Å². The fourth-order valence-electron chi connectivity index (χ4n) is 3.92. The lowest BCUT2D eigenvalue weighted by Gasteiger charge is -2.22. The van der Waals surface area contributed by atoms with E-state index in [4.69, 9.17) is 11.6 Å². The summed E-state index contributed by atoms with van der Waals surface area (Å²) in [6, 6.07) is 9.28. The van der Waals surface area contributed by atoms with Crippen LogP contribution in [0.15, 0.2) is 36.4 Å². The number of hydrogen-bond acceptors (Lipinski definition) is 6. The second-order valence-corrected chi connectivity index (χ2v) is 9.06. The van der Waals surface area contributed by atoms with Crippen molar-refractivity contribution in [1.82, 2.24) is 20.0 Å². The molecule has 1 aliphatic carbocycles. The molecule has 10 nitrogen and oxygen atoms in total. The third-order valence-corrected chi connectivity index (χ3v) is 6.22. The molecule has 1 heterocycles. The molecule has 0 bridgehead atoms. The van der Waals surface area contributed by atoms with Gasteiger partial charge in [-0.15, -0.1) is 0 Å². The van der Waals surface area contributed by atoms with Gasteiger partial charge in [-0.25, -0.2) is 9.18 Å². The molecule has 0 radical (unpaired) electrons. The number of hydrogen-bond donors (Lipinski definition) is 2. The predicted octanol–water partition coefficient (Wildman–Crippen LogP) is 3.52. The van der Waals surface area contributed by atoms with E-state index < -0.39 is 17.8 Å². The molecule has 0 spiro atoms. The van der Waals surface area contributed by atoms with Crippen LogP contribution in [0.4, 0.5) is 14.9 Å². The maximum atomic E-state index is 14.1. The lowest BCUT2D eigenvalue weighted by molar-refractivity contribution is -0.137. The first kappa shape index (κ1) is 26.1. The highest BCUT2D eigenvalue weighted by atomic mass is 35.5. The smallest absolute Gasteiger partial charge is 0.411 e. The van der Waals surface area contributed by atoms with E-state index in [9.17, 15) is 23.6 Å². The number of aromatic nitrogens is 2. The summed E-state index contributed by atoms with van der Waals surface area (Å²) in [7, 11) is 1.24. The standard InChI is InChI=1S/C25H25ClFN5O5/c1-14(33)24-18-10-16(29-25(36)37-2)6-9-20(18)32(30-24)13-22(35)31(17-7-8-17)12-21(34)28-11-15-4-3-5-19(26)23(15)27/h3-6,9-10,17H,7-8,11-13H2,1-2H3,(H,28,34)(H,29,36). The lowest BCUT2D eigenvalue weighted by atomic mass is 10.1. The Morgan fingerprint density at radius 3 is 2.65 bits per heavy atom. The Balaban J connectivity index is 1.48. The molecule has 12 heteroatoms. The number of methoxy groups -OCH3 is 1. The largest absolute Gasteiger partial charge is 0.453 e. The van der Waals surface area contributed by atoms with Crippen molar-refractivity contribution in [2.45, 2.75) is 38.9 Å². The summed E-state index contributed by atoms with van der Waals surface area (Å²) in [5.41, 5.74) is 1.31. The van der Waals surface area contributed by atoms with Crippen molar-refractivity contribution < 1.29 is 28.3 Å². The molecule has 3 amide bonds. The van der Waals surface area contributed by atoms with Gasteiger partial charge < -0.3 is 15.0 Å². The number of ketones is 1. The van der Waals surface area contributed by atoms with Gasteiger partial charge in [-0.3, -0.25) is 24.4 Å². The fraction of sp³-hybridized carbons (Fsp3) is 0.320. The molecule has 0 aliphatic heterocycles. The number of carbonyl (C=O) groups is 4. The maximum Gasteiger partial charge on any atom is 0.411 e. The minimum absolute atomic E-state index is 0.0360. The summed E-state index contributed by atoms with van der Waals surface area (Å²) in [4.78, 5) is 51.1. The Morgan fingerprint density at radius 2 is 1.97 bits per heavy atom. The maximum absolute atomic E-state index is 14.1. The molecule has 1 saturated carbocycles. The molecule has 0 unspecified atom stereocenters. The van der Waals surface area contributed by atoms with E-state index in [1.165, 1.54) is 35.7 Å². The molecule has 3 aromatic rings. The second-order valence-electron chi connectivity index (χ2n) is 8.65. The van der Waals surface area contributed by atoms with E-state index >= 15 is 0 Å². The summed E-state index contributed by atoms with van der Waals surface area (Å²) in [5, 5.41) is 9.92. The minimum atomic E-state index is -0.664. The fourth-order valence-corrected chi connectivity index (χ4v) is 4.12. The highest BCUT2D eigenvalue weighted by Crippen LogP contribution is 2.28. The van der Waals surface area contributed by atoms with E-state index in [0.717, 1.165) is 12.8 Å². The summed E-state index contributed by atoms with van der Waals surface area (Å²) in [5.74, 6) is -1.69. The van der Waals surface area contributed by atoms with Gasteiger partial charge in [0.05, 0.1) is 24.2 Å². The third-order valence-electron chi connectivity index (χ3n) is 5.93. The zero-order valence-corrected chi connectivity index (χ0v) is 21.0. The van der Waals surface area contributed by atoms with Crippen molar-refractivity contribution >= 4 is 51.9 Å². The molecule has 2 N–H and O–H groups in total. The zero-order chi connectivity index (χ0) is 26.7. The van der Waals surface area contributed by atoms with Crippen LogP contribution >= 0.6 is 11.6 Å². The highest BCUT2D eigenvalue weighted by molar-refractivity contribution is 6.30. The number of ether oxygens (including phenoxy) is 1. The first-order valence-corrected chi connectivity index (χ1v) is 11.9. The number of Topliss-reactive ketones (excluding diaryl/α,β-unsaturated/α-hetero) is 1. The number of amides is 3. The van der Waals surface area contributed by atoms with E-state index in [1.54, 1.807) is 24.3 Å². The summed E-state index contributed by atoms with van der Waals surface area (Å²) in [6.07, 6.45) is 0.870. The molecule has 2 aromatic carbocycles. The SMILES string of the molecule is COC(=O)Nc1ccc2c(c1)c(C(C)=O)nn2CC(=O)N(CC(=O)NCc1cccc(Cl)c1F)C1CC1. The van der Waals surface area contributed by atoms with Crippen molar-refractivity contribution in [2.24, 2.45) is 0 Å². The van der Waals surface area contributed by atoms with Crippen LogP contribution in [0.3, 0.4) is 0 Å². The quantitative estimate of drug-likeness (QED) is 0.409. The van der Waals surface area contributed by atoms with Gasteiger partial charge in [0.1, 0.15) is 18.1 Å². The van der Waals surface area contributed by atoms with Crippen LogP contribution in [-0.2, 0) is 27.4 Å². The van der Waals surface area contributed by atoms with Crippen LogP contribution in [-0.4, -0.2) is 58.1 Å². The van der Waals surface area contributed by atoms with Crippen LogP contribution < -0.4 is 10.6 Å². The Hall–Kier alpha value is -3.99. The first-order chi connectivity index (χ1) is 17.7. The Morgan fingerprint density at radius 1 is 1.22 bits per heavy atom. The lowest BCUT2D eigenvalue weighted by Crippen LogP contribution is -2.43. The molecular formula is C25H25ClFN5O5. The Kier molecular flexibility index (Phi) is 7.72. The number of carbonyl (C=O) groups excluding carboxylic acids is 4.